The van der Waals surface area contributed by atoms with E-state index in [0.29, 0.717) is 17.7 Å². The molecule has 0 fully saturated rings. The third-order valence-electron chi connectivity index (χ3n) is 6.81. The Bertz CT molecular complexity index is 1560. The molecule has 7 heteroatoms. The van der Waals surface area contributed by atoms with Crippen LogP contribution in [-0.2, 0) is 4.79 Å². The Morgan fingerprint density at radius 3 is 2.27 bits per heavy atom. The Morgan fingerprint density at radius 2 is 1.59 bits per heavy atom. The predicted octanol–water partition coefficient (Wildman–Crippen LogP) is 6.20. The van der Waals surface area contributed by atoms with Gasteiger partial charge in [-0.2, -0.15) is 0 Å². The number of ketones is 4. The topological polar surface area (TPSA) is 97.7 Å². The molecule has 37 heavy (non-hydrogen) atoms. The molecule has 1 N–H and O–H groups in total. The molecule has 5 rings (SSSR count). The second-order valence-corrected chi connectivity index (χ2v) is 10.1. The number of carbonyl (C=O) groups excluding carboxylic acids is 4. The van der Waals surface area contributed by atoms with Crippen LogP contribution in [0.15, 0.2) is 70.3 Å². The molecule has 0 amide bonds. The Balaban J connectivity index is 1.61. The fourth-order valence-electron chi connectivity index (χ4n) is 4.89. The number of Topliss-reactive ketones (excluding diaryl/α,β-unsaturated/α-hetero) is 4. The van der Waals surface area contributed by atoms with Crippen molar-refractivity contribution in [1.29, 1.82) is 0 Å². The van der Waals surface area contributed by atoms with Crippen molar-refractivity contribution >= 4 is 46.6 Å². The van der Waals surface area contributed by atoms with E-state index < -0.39 is 50.7 Å². The van der Waals surface area contributed by atoms with E-state index in [9.17, 15) is 24.3 Å². The SMILES string of the molecule is CC(C)=CCC[C@@]1(C)C=Cc2c(ccc3c2C(=O)C(=O)C(C2=C(Cl)C(=O)c4ccccc4C2=O)=C3O)O1. The molecule has 0 unspecified atom stereocenters. The second-order valence-electron chi connectivity index (χ2n) is 9.74. The molecule has 6 nitrogen and oxygen atoms in total. The molecule has 0 aromatic heterocycles. The summed E-state index contributed by atoms with van der Waals surface area (Å²) in [6.07, 6.45) is 7.19. The number of rotatable bonds is 4. The van der Waals surface area contributed by atoms with E-state index in [1.165, 1.54) is 23.8 Å². The summed E-state index contributed by atoms with van der Waals surface area (Å²) in [4.78, 5) is 52.8. The lowest BCUT2D eigenvalue weighted by Gasteiger charge is -2.33. The van der Waals surface area contributed by atoms with E-state index in [1.807, 2.05) is 26.8 Å². The summed E-state index contributed by atoms with van der Waals surface area (Å²) in [6.45, 7) is 5.99. The van der Waals surface area contributed by atoms with Crippen LogP contribution in [0.4, 0.5) is 0 Å². The van der Waals surface area contributed by atoms with Crippen molar-refractivity contribution < 1.29 is 29.0 Å². The van der Waals surface area contributed by atoms with Crippen LogP contribution in [0, 0.1) is 0 Å². The first-order valence-electron chi connectivity index (χ1n) is 11.8. The van der Waals surface area contributed by atoms with Gasteiger partial charge in [0.15, 0.2) is 5.78 Å². The smallest absolute Gasteiger partial charge is 0.238 e. The van der Waals surface area contributed by atoms with Crippen molar-refractivity contribution in [2.75, 3.05) is 0 Å². The number of aliphatic hydroxyl groups is 1. The number of fused-ring (bicyclic) bond motifs is 4. The molecule has 2 aromatic rings. The summed E-state index contributed by atoms with van der Waals surface area (Å²) in [7, 11) is 0. The van der Waals surface area contributed by atoms with Crippen molar-refractivity contribution in [1.82, 2.24) is 0 Å². The number of halogens is 1. The van der Waals surface area contributed by atoms with E-state index in [1.54, 1.807) is 24.3 Å². The van der Waals surface area contributed by atoms with E-state index in [0.717, 1.165) is 6.42 Å². The first-order valence-corrected chi connectivity index (χ1v) is 12.2. The molecule has 3 aliphatic rings. The molecule has 1 heterocycles. The van der Waals surface area contributed by atoms with Gasteiger partial charge < -0.3 is 9.84 Å². The van der Waals surface area contributed by atoms with E-state index in [-0.39, 0.29) is 22.3 Å². The zero-order chi connectivity index (χ0) is 26.6. The van der Waals surface area contributed by atoms with E-state index in [2.05, 4.69) is 6.08 Å². The second kappa shape index (κ2) is 8.82. The van der Waals surface area contributed by atoms with E-state index in [4.69, 9.17) is 16.3 Å². The molecule has 0 saturated heterocycles. The average Bonchev–Trinajstić information content (AvgIpc) is 2.87. The zero-order valence-electron chi connectivity index (χ0n) is 20.5. The van der Waals surface area contributed by atoms with Gasteiger partial charge in [-0.15, -0.1) is 0 Å². The van der Waals surface area contributed by atoms with Gasteiger partial charge in [-0.1, -0.05) is 53.6 Å². The van der Waals surface area contributed by atoms with Crippen molar-refractivity contribution in [2.24, 2.45) is 0 Å². The maximum atomic E-state index is 13.4. The number of ether oxygens (including phenoxy) is 1. The maximum Gasteiger partial charge on any atom is 0.238 e. The van der Waals surface area contributed by atoms with Gasteiger partial charge in [0.2, 0.25) is 17.3 Å². The van der Waals surface area contributed by atoms with Crippen molar-refractivity contribution in [3.05, 3.63) is 98.1 Å². The lowest BCUT2D eigenvalue weighted by Crippen LogP contribution is -2.34. The van der Waals surface area contributed by atoms with Crippen LogP contribution in [-0.4, -0.2) is 33.8 Å². The molecular weight excluding hydrogens is 492 g/mol. The van der Waals surface area contributed by atoms with Gasteiger partial charge in [-0.25, -0.2) is 0 Å². The maximum absolute atomic E-state index is 13.4. The molecule has 2 aliphatic carbocycles. The quantitative estimate of drug-likeness (QED) is 0.385. The minimum atomic E-state index is -1.11. The van der Waals surface area contributed by atoms with Crippen LogP contribution >= 0.6 is 11.6 Å². The van der Waals surface area contributed by atoms with Crippen molar-refractivity contribution in [2.45, 2.75) is 39.2 Å². The average molecular weight is 515 g/mol. The Morgan fingerprint density at radius 1 is 0.919 bits per heavy atom. The number of carbonyl (C=O) groups is 4. The lowest BCUT2D eigenvalue weighted by atomic mass is 9.77. The number of hydrogen-bond acceptors (Lipinski definition) is 6. The van der Waals surface area contributed by atoms with Crippen molar-refractivity contribution in [3.8, 4) is 5.75 Å². The summed E-state index contributed by atoms with van der Waals surface area (Å²) < 4.78 is 6.21. The largest absolute Gasteiger partial charge is 0.506 e. The molecular formula is C30H23ClO6. The summed E-state index contributed by atoms with van der Waals surface area (Å²) >= 11 is 6.27. The Hall–Kier alpha value is -4.03. The third kappa shape index (κ3) is 3.89. The highest BCUT2D eigenvalue weighted by molar-refractivity contribution is 6.58. The minimum absolute atomic E-state index is 0.0157. The van der Waals surface area contributed by atoms with Gasteiger partial charge in [-0.05, 0) is 51.8 Å². The molecule has 186 valence electrons. The fourth-order valence-corrected chi connectivity index (χ4v) is 5.18. The van der Waals surface area contributed by atoms with Crippen LogP contribution < -0.4 is 4.74 Å². The Kier molecular flexibility index (Phi) is 5.88. The number of allylic oxidation sites excluding steroid dienone is 5. The highest BCUT2D eigenvalue weighted by Crippen LogP contribution is 2.43. The summed E-state index contributed by atoms with van der Waals surface area (Å²) in [5.41, 5.74) is 0.125. The van der Waals surface area contributed by atoms with Gasteiger partial charge in [0.05, 0.1) is 11.1 Å². The van der Waals surface area contributed by atoms with Crippen LogP contribution in [0.25, 0.3) is 11.8 Å². The number of benzene rings is 2. The molecule has 1 atom stereocenters. The van der Waals surface area contributed by atoms with Crippen LogP contribution in [0.5, 0.6) is 5.75 Å². The first kappa shape index (κ1) is 24.7. The third-order valence-corrected chi connectivity index (χ3v) is 7.17. The van der Waals surface area contributed by atoms with Crippen molar-refractivity contribution in [3.63, 3.8) is 0 Å². The summed E-state index contributed by atoms with van der Waals surface area (Å²) in [6, 6.07) is 9.15. The molecule has 0 spiro atoms. The molecule has 2 aromatic carbocycles. The molecule has 0 bridgehead atoms. The highest BCUT2D eigenvalue weighted by atomic mass is 35.5. The van der Waals surface area contributed by atoms with E-state index >= 15 is 0 Å². The minimum Gasteiger partial charge on any atom is -0.506 e. The molecule has 0 saturated carbocycles. The highest BCUT2D eigenvalue weighted by Gasteiger charge is 2.43. The van der Waals surface area contributed by atoms with Crippen LogP contribution in [0.1, 0.15) is 75.8 Å². The molecule has 0 radical (unpaired) electrons. The lowest BCUT2D eigenvalue weighted by molar-refractivity contribution is -0.111. The van der Waals surface area contributed by atoms with Crippen LogP contribution in [0.3, 0.4) is 0 Å². The summed E-state index contributed by atoms with van der Waals surface area (Å²) in [5, 5.41) is 10.7. The summed E-state index contributed by atoms with van der Waals surface area (Å²) in [5.74, 6) is -3.57. The first-order chi connectivity index (χ1) is 17.5. The Labute approximate surface area is 218 Å². The standard InChI is InChI=1S/C30H23ClO6/c1-15(2)7-6-13-30(3)14-12-18-20(37-30)11-10-19-21(18)28(35)29(36)23(26(19)33)22-24(31)27(34)17-9-5-4-8-16(17)25(22)32/h4-5,7-12,14,33H,6,13H2,1-3H3/t30-/m0/s1. The monoisotopic (exact) mass is 514 g/mol. The normalized spacial score (nSPS) is 20.4. The number of hydrogen-bond donors (Lipinski definition) is 1. The zero-order valence-corrected chi connectivity index (χ0v) is 21.2. The molecule has 1 aliphatic heterocycles. The predicted molar refractivity (Wildman–Crippen MR) is 140 cm³/mol. The van der Waals surface area contributed by atoms with Gasteiger partial charge in [0, 0.05) is 27.8 Å². The number of aliphatic hydroxyl groups excluding tert-OH is 1. The van der Waals surface area contributed by atoms with Gasteiger partial charge in [0.25, 0.3) is 0 Å². The fraction of sp³-hybridized carbons (Fsp3) is 0.200. The van der Waals surface area contributed by atoms with Gasteiger partial charge in [0.1, 0.15) is 22.1 Å². The van der Waals surface area contributed by atoms with Crippen LogP contribution in [0.2, 0.25) is 0 Å². The van der Waals surface area contributed by atoms with Gasteiger partial charge in [-0.3, -0.25) is 19.2 Å². The van der Waals surface area contributed by atoms with Gasteiger partial charge >= 0.3 is 0 Å².